The van der Waals surface area contributed by atoms with Crippen molar-refractivity contribution < 1.29 is 9.13 Å². The second kappa shape index (κ2) is 5.65. The first-order chi connectivity index (χ1) is 8.70. The average molecular weight is 245 g/mol. The summed E-state index contributed by atoms with van der Waals surface area (Å²) < 4.78 is 19.0. The second-order valence-electron chi connectivity index (χ2n) is 4.17. The molecule has 0 spiro atoms. The minimum absolute atomic E-state index is 0.243. The van der Waals surface area contributed by atoms with E-state index in [4.69, 9.17) is 10.5 Å². The van der Waals surface area contributed by atoms with Gasteiger partial charge in [0.15, 0.2) is 11.6 Å². The van der Waals surface area contributed by atoms with Gasteiger partial charge in [0.25, 0.3) is 0 Å². The van der Waals surface area contributed by atoms with Gasteiger partial charge in [0.2, 0.25) is 0 Å². The quantitative estimate of drug-likeness (QED) is 0.895. The van der Waals surface area contributed by atoms with Crippen LogP contribution in [0.5, 0.6) is 11.5 Å². The molecule has 2 aromatic carbocycles. The molecule has 0 aromatic heterocycles. The van der Waals surface area contributed by atoms with Crippen molar-refractivity contribution in [1.82, 2.24) is 0 Å². The first-order valence-corrected chi connectivity index (χ1v) is 5.92. The lowest BCUT2D eigenvalue weighted by molar-refractivity contribution is 0.439. The molecule has 0 saturated heterocycles. The number of benzene rings is 2. The molecule has 2 aromatic rings. The molecule has 0 bridgehead atoms. The zero-order valence-electron chi connectivity index (χ0n) is 10.3. The highest BCUT2D eigenvalue weighted by Crippen LogP contribution is 2.27. The monoisotopic (exact) mass is 245 g/mol. The summed E-state index contributed by atoms with van der Waals surface area (Å²) in [5.41, 5.74) is 7.65. The maximum Gasteiger partial charge on any atom is 0.165 e. The van der Waals surface area contributed by atoms with Crippen molar-refractivity contribution >= 4 is 0 Å². The summed E-state index contributed by atoms with van der Waals surface area (Å²) in [5.74, 6) is 0.552. The van der Waals surface area contributed by atoms with Crippen LogP contribution in [0.2, 0.25) is 0 Å². The molecule has 3 heteroatoms. The van der Waals surface area contributed by atoms with Gasteiger partial charge in [0.05, 0.1) is 0 Å². The predicted molar refractivity (Wildman–Crippen MR) is 70.4 cm³/mol. The largest absolute Gasteiger partial charge is 0.454 e. The molecule has 94 valence electrons. The number of aryl methyl sites for hydroxylation is 1. The molecule has 0 unspecified atom stereocenters. The zero-order chi connectivity index (χ0) is 13.0. The molecule has 2 rings (SSSR count). The van der Waals surface area contributed by atoms with Crippen molar-refractivity contribution in [3.05, 3.63) is 59.4 Å². The standard InChI is InChI=1S/C15H16FNO/c1-11-10-12(8-9-17)6-7-14(11)18-15-5-3-2-4-13(15)16/h2-7,10H,8-9,17H2,1H3. The van der Waals surface area contributed by atoms with Crippen LogP contribution < -0.4 is 10.5 Å². The van der Waals surface area contributed by atoms with Gasteiger partial charge in [0, 0.05) is 0 Å². The van der Waals surface area contributed by atoms with Gasteiger partial charge in [-0.15, -0.1) is 0 Å². The summed E-state index contributed by atoms with van der Waals surface area (Å²) in [6.07, 6.45) is 0.834. The molecule has 0 heterocycles. The molecule has 0 radical (unpaired) electrons. The Morgan fingerprint density at radius 3 is 2.56 bits per heavy atom. The Balaban J connectivity index is 2.22. The fourth-order valence-corrected chi connectivity index (χ4v) is 1.79. The lowest BCUT2D eigenvalue weighted by Crippen LogP contribution is -2.03. The van der Waals surface area contributed by atoms with Crippen molar-refractivity contribution in [3.63, 3.8) is 0 Å². The third kappa shape index (κ3) is 2.87. The fourth-order valence-electron chi connectivity index (χ4n) is 1.79. The summed E-state index contributed by atoms with van der Waals surface area (Å²) in [6.45, 7) is 2.56. The fraction of sp³-hybridized carbons (Fsp3) is 0.200. The van der Waals surface area contributed by atoms with Crippen molar-refractivity contribution in [2.24, 2.45) is 5.73 Å². The van der Waals surface area contributed by atoms with E-state index < -0.39 is 0 Å². The number of ether oxygens (including phenoxy) is 1. The molecule has 18 heavy (non-hydrogen) atoms. The van der Waals surface area contributed by atoms with Crippen LogP contribution in [-0.2, 0) is 6.42 Å². The maximum atomic E-state index is 13.5. The minimum Gasteiger partial charge on any atom is -0.454 e. The second-order valence-corrected chi connectivity index (χ2v) is 4.17. The van der Waals surface area contributed by atoms with Gasteiger partial charge >= 0.3 is 0 Å². The highest BCUT2D eigenvalue weighted by atomic mass is 19.1. The van der Waals surface area contributed by atoms with E-state index >= 15 is 0 Å². The Bertz CT molecular complexity index is 540. The van der Waals surface area contributed by atoms with Crippen LogP contribution >= 0.6 is 0 Å². The van der Waals surface area contributed by atoms with Gasteiger partial charge in [-0.05, 0) is 49.2 Å². The van der Waals surface area contributed by atoms with Crippen LogP contribution in [-0.4, -0.2) is 6.54 Å². The van der Waals surface area contributed by atoms with Crippen LogP contribution in [0.4, 0.5) is 4.39 Å². The molecule has 0 amide bonds. The van der Waals surface area contributed by atoms with Crippen LogP contribution in [0.1, 0.15) is 11.1 Å². The van der Waals surface area contributed by atoms with Gasteiger partial charge in [-0.25, -0.2) is 4.39 Å². The lowest BCUT2D eigenvalue weighted by atomic mass is 10.1. The summed E-state index contributed by atoms with van der Waals surface area (Å²) in [7, 11) is 0. The topological polar surface area (TPSA) is 35.2 Å². The Hall–Kier alpha value is -1.87. The lowest BCUT2D eigenvalue weighted by Gasteiger charge is -2.10. The van der Waals surface area contributed by atoms with E-state index in [-0.39, 0.29) is 11.6 Å². The van der Waals surface area contributed by atoms with Crippen molar-refractivity contribution in [3.8, 4) is 11.5 Å². The molecule has 0 saturated carbocycles. The molecule has 2 N–H and O–H groups in total. The average Bonchev–Trinajstić information content (AvgIpc) is 2.35. The van der Waals surface area contributed by atoms with Gasteiger partial charge in [-0.1, -0.05) is 24.3 Å². The normalized spacial score (nSPS) is 10.4. The number of para-hydroxylation sites is 1. The first kappa shape index (κ1) is 12.6. The summed E-state index contributed by atoms with van der Waals surface area (Å²) in [6, 6.07) is 12.2. The Labute approximate surface area is 106 Å². The van der Waals surface area contributed by atoms with Crippen LogP contribution in [0, 0.1) is 12.7 Å². The van der Waals surface area contributed by atoms with Crippen molar-refractivity contribution in [2.45, 2.75) is 13.3 Å². The number of hydrogen-bond donors (Lipinski definition) is 1. The number of nitrogens with two attached hydrogens (primary N) is 1. The van der Waals surface area contributed by atoms with E-state index in [9.17, 15) is 4.39 Å². The van der Waals surface area contributed by atoms with E-state index in [1.54, 1.807) is 18.2 Å². The van der Waals surface area contributed by atoms with Gasteiger partial charge < -0.3 is 10.5 Å². The highest BCUT2D eigenvalue weighted by molar-refractivity contribution is 5.40. The number of rotatable bonds is 4. The Kier molecular flexibility index (Phi) is 3.95. The molecule has 0 fully saturated rings. The summed E-state index contributed by atoms with van der Waals surface area (Å²) in [5, 5.41) is 0. The van der Waals surface area contributed by atoms with Crippen LogP contribution in [0.15, 0.2) is 42.5 Å². The Morgan fingerprint density at radius 1 is 1.11 bits per heavy atom. The first-order valence-electron chi connectivity index (χ1n) is 5.92. The predicted octanol–water partition coefficient (Wildman–Crippen LogP) is 3.43. The molecular weight excluding hydrogens is 229 g/mol. The number of halogens is 1. The Morgan fingerprint density at radius 2 is 1.89 bits per heavy atom. The smallest absolute Gasteiger partial charge is 0.165 e. The summed E-state index contributed by atoms with van der Waals surface area (Å²) in [4.78, 5) is 0. The minimum atomic E-state index is -0.358. The molecule has 0 atom stereocenters. The van der Waals surface area contributed by atoms with E-state index in [2.05, 4.69) is 0 Å². The van der Waals surface area contributed by atoms with Crippen molar-refractivity contribution in [1.29, 1.82) is 0 Å². The zero-order valence-corrected chi connectivity index (χ0v) is 10.3. The molecule has 0 aliphatic carbocycles. The van der Waals surface area contributed by atoms with Crippen molar-refractivity contribution in [2.75, 3.05) is 6.54 Å². The van der Waals surface area contributed by atoms with Gasteiger partial charge in [0.1, 0.15) is 5.75 Å². The molecule has 2 nitrogen and oxygen atoms in total. The molecular formula is C15H16FNO. The SMILES string of the molecule is Cc1cc(CCN)ccc1Oc1ccccc1F. The van der Waals surface area contributed by atoms with Gasteiger partial charge in [-0.2, -0.15) is 0 Å². The third-order valence-electron chi connectivity index (χ3n) is 2.73. The molecule has 0 aliphatic heterocycles. The maximum absolute atomic E-state index is 13.5. The van der Waals surface area contributed by atoms with E-state index in [0.717, 1.165) is 17.5 Å². The third-order valence-corrected chi connectivity index (χ3v) is 2.73. The molecule has 0 aliphatic rings. The van der Waals surface area contributed by atoms with E-state index in [1.807, 2.05) is 25.1 Å². The van der Waals surface area contributed by atoms with Crippen LogP contribution in [0.25, 0.3) is 0 Å². The summed E-state index contributed by atoms with van der Waals surface area (Å²) >= 11 is 0. The van der Waals surface area contributed by atoms with Gasteiger partial charge in [-0.3, -0.25) is 0 Å². The van der Waals surface area contributed by atoms with E-state index in [1.165, 1.54) is 6.07 Å². The van der Waals surface area contributed by atoms with E-state index in [0.29, 0.717) is 12.3 Å². The highest BCUT2D eigenvalue weighted by Gasteiger charge is 2.06. The van der Waals surface area contributed by atoms with Crippen LogP contribution in [0.3, 0.4) is 0 Å². The number of hydrogen-bond acceptors (Lipinski definition) is 2.